The number of hydrogen-bond acceptors (Lipinski definition) is 2. The van der Waals surface area contributed by atoms with Crippen molar-refractivity contribution in [2.75, 3.05) is 20.2 Å². The molecule has 114 valence electrons. The highest BCUT2D eigenvalue weighted by Crippen LogP contribution is 2.36. The van der Waals surface area contributed by atoms with Crippen LogP contribution in [0, 0.1) is 0 Å². The maximum absolute atomic E-state index is 12.4. The summed E-state index contributed by atoms with van der Waals surface area (Å²) in [5.74, 6) is 0.915. The standard InChI is InChI=1S/C17H24N2O2/c1-5-19(11-12(2)3)17(20)18-15-10-9-14-13(15)7-6-8-16(14)21-4/h6-8,15H,2,5,9-11H2,1,3-4H3,(H,18,20)/t15-/m0/s1. The maximum atomic E-state index is 12.4. The van der Waals surface area contributed by atoms with E-state index in [1.165, 1.54) is 11.1 Å². The summed E-state index contributed by atoms with van der Waals surface area (Å²) in [4.78, 5) is 14.2. The van der Waals surface area contributed by atoms with Crippen LogP contribution in [0.4, 0.5) is 4.79 Å². The average Bonchev–Trinajstić information content (AvgIpc) is 2.87. The lowest BCUT2D eigenvalue weighted by atomic mass is 10.1. The molecule has 0 fully saturated rings. The molecule has 1 atom stereocenters. The Balaban J connectivity index is 2.09. The minimum absolute atomic E-state index is 0.0267. The third kappa shape index (κ3) is 3.38. The van der Waals surface area contributed by atoms with Gasteiger partial charge in [0.25, 0.3) is 0 Å². The Kier molecular flexibility index (Phi) is 4.89. The zero-order valence-corrected chi connectivity index (χ0v) is 13.1. The van der Waals surface area contributed by atoms with Crippen LogP contribution in [-0.2, 0) is 6.42 Å². The van der Waals surface area contributed by atoms with Gasteiger partial charge in [0.2, 0.25) is 0 Å². The molecule has 1 aromatic rings. The minimum Gasteiger partial charge on any atom is -0.496 e. The molecule has 1 aromatic carbocycles. The molecule has 0 unspecified atom stereocenters. The molecule has 4 nitrogen and oxygen atoms in total. The Morgan fingerprint density at radius 1 is 1.52 bits per heavy atom. The molecule has 0 aromatic heterocycles. The predicted octanol–water partition coefficient (Wildman–Crippen LogP) is 3.29. The molecule has 0 saturated carbocycles. The second-order valence-corrected chi connectivity index (χ2v) is 5.54. The van der Waals surface area contributed by atoms with Gasteiger partial charge in [0.15, 0.2) is 0 Å². The average molecular weight is 288 g/mol. The lowest BCUT2D eigenvalue weighted by Gasteiger charge is -2.24. The van der Waals surface area contributed by atoms with Gasteiger partial charge in [-0.05, 0) is 43.9 Å². The Hall–Kier alpha value is -1.97. The van der Waals surface area contributed by atoms with Gasteiger partial charge >= 0.3 is 6.03 Å². The number of carbonyl (C=O) groups is 1. The highest BCUT2D eigenvalue weighted by Gasteiger charge is 2.27. The monoisotopic (exact) mass is 288 g/mol. The molecule has 2 amide bonds. The van der Waals surface area contributed by atoms with Crippen molar-refractivity contribution in [1.29, 1.82) is 0 Å². The van der Waals surface area contributed by atoms with E-state index in [0.29, 0.717) is 13.1 Å². The Bertz CT molecular complexity index is 540. The third-order valence-electron chi connectivity index (χ3n) is 3.88. The van der Waals surface area contributed by atoms with Gasteiger partial charge in [0, 0.05) is 13.1 Å². The molecule has 1 N–H and O–H groups in total. The molecule has 0 aliphatic heterocycles. The largest absolute Gasteiger partial charge is 0.496 e. The van der Waals surface area contributed by atoms with E-state index in [9.17, 15) is 4.79 Å². The summed E-state index contributed by atoms with van der Waals surface area (Å²) in [7, 11) is 1.69. The number of urea groups is 1. The molecule has 21 heavy (non-hydrogen) atoms. The van der Waals surface area contributed by atoms with E-state index < -0.39 is 0 Å². The molecule has 4 heteroatoms. The van der Waals surface area contributed by atoms with Gasteiger partial charge in [-0.25, -0.2) is 4.79 Å². The van der Waals surface area contributed by atoms with Crippen LogP contribution in [0.25, 0.3) is 0 Å². The van der Waals surface area contributed by atoms with Crippen LogP contribution in [0.15, 0.2) is 30.4 Å². The highest BCUT2D eigenvalue weighted by molar-refractivity contribution is 5.75. The van der Waals surface area contributed by atoms with Crippen molar-refractivity contribution in [3.8, 4) is 5.75 Å². The first kappa shape index (κ1) is 15.4. The first-order valence-corrected chi connectivity index (χ1v) is 7.42. The third-order valence-corrected chi connectivity index (χ3v) is 3.88. The van der Waals surface area contributed by atoms with Gasteiger partial charge in [0.1, 0.15) is 5.75 Å². The van der Waals surface area contributed by atoms with Crippen LogP contribution in [0.3, 0.4) is 0 Å². The fourth-order valence-corrected chi connectivity index (χ4v) is 2.86. The van der Waals surface area contributed by atoms with Gasteiger partial charge in [0.05, 0.1) is 13.2 Å². The van der Waals surface area contributed by atoms with Crippen LogP contribution in [0.2, 0.25) is 0 Å². The van der Waals surface area contributed by atoms with Crippen molar-refractivity contribution < 1.29 is 9.53 Å². The number of fused-ring (bicyclic) bond motifs is 1. The summed E-state index contributed by atoms with van der Waals surface area (Å²) in [5, 5.41) is 3.13. The van der Waals surface area contributed by atoms with E-state index in [1.807, 2.05) is 26.0 Å². The van der Waals surface area contributed by atoms with Crippen LogP contribution in [0.1, 0.15) is 37.4 Å². The molecular weight excluding hydrogens is 264 g/mol. The van der Waals surface area contributed by atoms with Gasteiger partial charge in [-0.15, -0.1) is 0 Å². The molecule has 1 aliphatic carbocycles. The first-order valence-electron chi connectivity index (χ1n) is 7.42. The number of rotatable bonds is 5. The van der Waals surface area contributed by atoms with E-state index in [-0.39, 0.29) is 12.1 Å². The van der Waals surface area contributed by atoms with E-state index in [1.54, 1.807) is 12.0 Å². The van der Waals surface area contributed by atoms with Gasteiger partial charge in [-0.3, -0.25) is 0 Å². The van der Waals surface area contributed by atoms with E-state index in [0.717, 1.165) is 24.2 Å². The van der Waals surface area contributed by atoms with Gasteiger partial charge in [-0.1, -0.05) is 24.3 Å². The predicted molar refractivity (Wildman–Crippen MR) is 84.6 cm³/mol. The molecule has 0 saturated heterocycles. The summed E-state index contributed by atoms with van der Waals surface area (Å²) in [6.45, 7) is 9.07. The second-order valence-electron chi connectivity index (χ2n) is 5.54. The summed E-state index contributed by atoms with van der Waals surface area (Å²) in [6, 6.07) is 6.07. The normalized spacial score (nSPS) is 16.2. The molecule has 1 aliphatic rings. The van der Waals surface area contributed by atoms with Crippen LogP contribution in [0.5, 0.6) is 5.75 Å². The smallest absolute Gasteiger partial charge is 0.318 e. The number of nitrogens with one attached hydrogen (secondary N) is 1. The Morgan fingerprint density at radius 2 is 2.29 bits per heavy atom. The van der Waals surface area contributed by atoms with Crippen molar-refractivity contribution in [2.24, 2.45) is 0 Å². The lowest BCUT2D eigenvalue weighted by molar-refractivity contribution is 0.200. The van der Waals surface area contributed by atoms with Gasteiger partial charge in [-0.2, -0.15) is 0 Å². The second kappa shape index (κ2) is 6.66. The molecule has 0 radical (unpaired) electrons. The van der Waals surface area contributed by atoms with E-state index in [2.05, 4.69) is 18.0 Å². The SMILES string of the molecule is C=C(C)CN(CC)C(=O)N[C@H]1CCc2c(OC)cccc21. The lowest BCUT2D eigenvalue weighted by Crippen LogP contribution is -2.41. The number of hydrogen-bond donors (Lipinski definition) is 1. The fraction of sp³-hybridized carbons (Fsp3) is 0.471. The molecule has 0 heterocycles. The Labute approximate surface area is 126 Å². The topological polar surface area (TPSA) is 41.6 Å². The van der Waals surface area contributed by atoms with E-state index >= 15 is 0 Å². The number of nitrogens with zero attached hydrogens (tertiary/aromatic N) is 1. The van der Waals surface area contributed by atoms with Crippen LogP contribution in [-0.4, -0.2) is 31.1 Å². The number of benzene rings is 1. The number of methoxy groups -OCH3 is 1. The quantitative estimate of drug-likeness (QED) is 0.845. The summed E-state index contributed by atoms with van der Waals surface area (Å²) >= 11 is 0. The highest BCUT2D eigenvalue weighted by atomic mass is 16.5. The fourth-order valence-electron chi connectivity index (χ4n) is 2.86. The van der Waals surface area contributed by atoms with Crippen molar-refractivity contribution in [3.05, 3.63) is 41.5 Å². The number of carbonyl (C=O) groups excluding carboxylic acids is 1. The summed E-state index contributed by atoms with van der Waals surface area (Å²) < 4.78 is 5.40. The maximum Gasteiger partial charge on any atom is 0.318 e. The molecule has 0 bridgehead atoms. The van der Waals surface area contributed by atoms with Crippen molar-refractivity contribution >= 4 is 6.03 Å². The number of likely N-dealkylation sites (N-methyl/N-ethyl adjacent to an activating group) is 1. The first-order chi connectivity index (χ1) is 10.1. The Morgan fingerprint density at radius 3 is 2.90 bits per heavy atom. The van der Waals surface area contributed by atoms with Gasteiger partial charge < -0.3 is 15.0 Å². The van der Waals surface area contributed by atoms with Crippen LogP contribution < -0.4 is 10.1 Å². The van der Waals surface area contributed by atoms with Crippen LogP contribution >= 0.6 is 0 Å². The van der Waals surface area contributed by atoms with Crippen molar-refractivity contribution in [3.63, 3.8) is 0 Å². The van der Waals surface area contributed by atoms with Crippen molar-refractivity contribution in [1.82, 2.24) is 10.2 Å². The van der Waals surface area contributed by atoms with Crippen molar-refractivity contribution in [2.45, 2.75) is 32.7 Å². The molecule has 0 spiro atoms. The van der Waals surface area contributed by atoms with E-state index in [4.69, 9.17) is 4.74 Å². The summed E-state index contributed by atoms with van der Waals surface area (Å²) in [6.07, 6.45) is 1.86. The number of amides is 2. The number of ether oxygens (including phenoxy) is 1. The molecular formula is C17H24N2O2. The molecule has 2 rings (SSSR count). The summed E-state index contributed by atoms with van der Waals surface area (Å²) in [5.41, 5.74) is 3.38. The zero-order chi connectivity index (χ0) is 15.4. The minimum atomic E-state index is -0.0267. The zero-order valence-electron chi connectivity index (χ0n) is 13.1.